The van der Waals surface area contributed by atoms with Crippen LogP contribution in [-0.4, -0.2) is 51.4 Å². The van der Waals surface area contributed by atoms with Gasteiger partial charge in [0, 0.05) is 56.4 Å². The molecule has 0 spiro atoms. The molecular weight excluding hydrogens is 889 g/mol. The zero-order valence-electron chi connectivity index (χ0n) is 41.8. The van der Waals surface area contributed by atoms with Gasteiger partial charge >= 0.3 is 0 Å². The first-order valence-electron chi connectivity index (χ1n) is 24.3. The van der Waals surface area contributed by atoms with Crippen LogP contribution in [0.3, 0.4) is 0 Å². The molecule has 0 radical (unpaired) electrons. The summed E-state index contributed by atoms with van der Waals surface area (Å²) in [5.74, 6) is 0. The van der Waals surface area contributed by atoms with Gasteiger partial charge in [0.1, 0.15) is 0 Å². The lowest BCUT2D eigenvalue weighted by atomic mass is 9.88. The smallest absolute Gasteiger partial charge is 0.0776 e. The van der Waals surface area contributed by atoms with E-state index in [1.807, 2.05) is 24.5 Å². The highest BCUT2D eigenvalue weighted by atomic mass is 28.3. The molecule has 11 rings (SSSR count). The van der Waals surface area contributed by atoms with Gasteiger partial charge in [-0.25, -0.2) is 0 Å². The third kappa shape index (κ3) is 7.35. The summed E-state index contributed by atoms with van der Waals surface area (Å²) in [6.45, 7) is 29.4. The molecule has 338 valence electrons. The van der Waals surface area contributed by atoms with E-state index < -0.39 is 32.3 Å². The van der Waals surface area contributed by atoms with E-state index >= 15 is 0 Å². The molecule has 0 fully saturated rings. The Balaban J connectivity index is 1.23. The lowest BCUT2D eigenvalue weighted by Gasteiger charge is -2.20. The van der Waals surface area contributed by atoms with Crippen molar-refractivity contribution < 1.29 is 0 Å². The Labute approximate surface area is 405 Å². The Kier molecular flexibility index (Phi) is 10.2. The number of pyridine rings is 2. The van der Waals surface area contributed by atoms with E-state index in [0.29, 0.717) is 0 Å². The average Bonchev–Trinajstić information content (AvgIpc) is 3.81. The molecule has 4 nitrogen and oxygen atoms in total. The summed E-state index contributed by atoms with van der Waals surface area (Å²) in [6, 6.07) is 56.0. The zero-order chi connectivity index (χ0) is 47.7. The molecule has 4 heterocycles. The van der Waals surface area contributed by atoms with Crippen LogP contribution in [0.4, 0.5) is 0 Å². The van der Waals surface area contributed by atoms with Crippen LogP contribution in [0, 0.1) is 0 Å². The summed E-state index contributed by atoms with van der Waals surface area (Å²) in [7, 11) is -6.34. The number of hydrogen-bond donors (Lipinski definition) is 0. The number of hydrogen-bond acceptors (Lipinski definition) is 2. The summed E-state index contributed by atoms with van der Waals surface area (Å²) >= 11 is 0. The van der Waals surface area contributed by atoms with Crippen LogP contribution in [0.25, 0.3) is 99.0 Å². The molecule has 0 saturated carbocycles. The van der Waals surface area contributed by atoms with Gasteiger partial charge < -0.3 is 9.13 Å². The standard InChI is InChI=1S/C60H62N4Si4/c1-65(2,3)41-21-27-55-47(35-41)48-36-42(66(4,5)6)22-28-56(48)63(55)39-19-25-45-51(33-39)59(53-17-13-15-31-61-53)46-26-20-40(34-52(46)60(45)54-18-14-16-32-62-54)64-57-29-23-43(67(7,8)9)37-49(57)50-38-44(68(10,11)12)24-30-58(50)64/h13-38H,1-12H3. The lowest BCUT2D eigenvalue weighted by Crippen LogP contribution is -2.37. The van der Waals surface area contributed by atoms with Crippen molar-refractivity contribution in [3.63, 3.8) is 0 Å². The summed E-state index contributed by atoms with van der Waals surface area (Å²) < 4.78 is 5.01. The van der Waals surface area contributed by atoms with Crippen LogP contribution in [0.15, 0.2) is 158 Å². The quantitative estimate of drug-likeness (QED) is 0.112. The summed E-state index contributed by atoms with van der Waals surface area (Å²) in [6.07, 6.45) is 3.86. The molecular formula is C60H62N4Si4. The minimum absolute atomic E-state index is 0.955. The normalized spacial score (nSPS) is 13.0. The monoisotopic (exact) mass is 950 g/mol. The van der Waals surface area contributed by atoms with Gasteiger partial charge in [-0.15, -0.1) is 0 Å². The van der Waals surface area contributed by atoms with Crippen molar-refractivity contribution in [2.45, 2.75) is 78.6 Å². The van der Waals surface area contributed by atoms with Crippen LogP contribution < -0.4 is 20.7 Å². The Morgan fingerprint density at radius 2 is 0.603 bits per heavy atom. The lowest BCUT2D eigenvalue weighted by molar-refractivity contribution is 1.18. The molecule has 0 bridgehead atoms. The molecule has 0 aliphatic carbocycles. The number of rotatable bonds is 8. The largest absolute Gasteiger partial charge is 0.309 e. The van der Waals surface area contributed by atoms with Gasteiger partial charge in [0.05, 0.1) is 65.8 Å². The second kappa shape index (κ2) is 15.7. The van der Waals surface area contributed by atoms with Gasteiger partial charge in [-0.3, -0.25) is 9.97 Å². The maximum Gasteiger partial charge on any atom is 0.0776 e. The SMILES string of the molecule is C[Si](C)(C)c1ccc2c(c1)c1cc([Si](C)(C)C)ccc1n2-c1ccc2c(-c3ccccn3)c3cc(-n4c5ccc([Si](C)(C)C)cc5c5cc([Si](C)(C)C)ccc54)ccc3c(-c3ccccn3)c2c1. The highest BCUT2D eigenvalue weighted by Crippen LogP contribution is 2.45. The van der Waals surface area contributed by atoms with Crippen molar-refractivity contribution in [3.8, 4) is 33.9 Å². The summed E-state index contributed by atoms with van der Waals surface area (Å²) in [4.78, 5) is 10.2. The van der Waals surface area contributed by atoms with Gasteiger partial charge in [0.2, 0.25) is 0 Å². The van der Waals surface area contributed by atoms with Crippen LogP contribution in [0.5, 0.6) is 0 Å². The molecule has 8 heteroatoms. The van der Waals surface area contributed by atoms with E-state index in [0.717, 1.165) is 55.4 Å². The van der Waals surface area contributed by atoms with Crippen LogP contribution >= 0.6 is 0 Å². The molecule has 68 heavy (non-hydrogen) atoms. The Hall–Kier alpha value is -6.17. The van der Waals surface area contributed by atoms with Gasteiger partial charge in [-0.1, -0.05) is 172 Å². The second-order valence-electron chi connectivity index (χ2n) is 23.2. The molecule has 0 saturated heterocycles. The Bertz CT molecular complexity index is 3430. The van der Waals surface area contributed by atoms with Crippen molar-refractivity contribution in [1.29, 1.82) is 0 Å². The van der Waals surface area contributed by atoms with E-state index in [1.165, 1.54) is 64.4 Å². The number of aromatic nitrogens is 4. The van der Waals surface area contributed by atoms with Gasteiger partial charge in [-0.2, -0.15) is 0 Å². The number of benzene rings is 7. The van der Waals surface area contributed by atoms with Crippen molar-refractivity contribution in [2.75, 3.05) is 0 Å². The third-order valence-corrected chi connectivity index (χ3v) is 22.6. The van der Waals surface area contributed by atoms with Crippen LogP contribution in [-0.2, 0) is 0 Å². The van der Waals surface area contributed by atoms with Crippen molar-refractivity contribution >= 4 is 118 Å². The zero-order valence-corrected chi connectivity index (χ0v) is 45.8. The van der Waals surface area contributed by atoms with Crippen molar-refractivity contribution in [2.24, 2.45) is 0 Å². The molecule has 0 aliphatic rings. The molecule has 0 atom stereocenters. The molecule has 0 unspecified atom stereocenters. The molecule has 4 aromatic heterocycles. The van der Waals surface area contributed by atoms with E-state index in [1.54, 1.807) is 0 Å². The number of nitrogens with zero attached hydrogens (tertiary/aromatic N) is 4. The van der Waals surface area contributed by atoms with E-state index in [9.17, 15) is 0 Å². The fourth-order valence-corrected chi connectivity index (χ4v) is 15.2. The maximum absolute atomic E-state index is 5.11. The van der Waals surface area contributed by atoms with Crippen LogP contribution in [0.1, 0.15) is 0 Å². The predicted octanol–water partition coefficient (Wildman–Crippen LogP) is 14.5. The van der Waals surface area contributed by atoms with Crippen molar-refractivity contribution in [1.82, 2.24) is 19.1 Å². The van der Waals surface area contributed by atoms with Crippen LogP contribution in [0.2, 0.25) is 78.6 Å². The van der Waals surface area contributed by atoms with Crippen molar-refractivity contribution in [3.05, 3.63) is 158 Å². The molecule has 0 N–H and O–H groups in total. The minimum Gasteiger partial charge on any atom is -0.309 e. The molecule has 11 aromatic rings. The second-order valence-corrected chi connectivity index (χ2v) is 43.5. The van der Waals surface area contributed by atoms with E-state index in [2.05, 4.69) is 221 Å². The maximum atomic E-state index is 5.11. The first-order valence-corrected chi connectivity index (χ1v) is 38.3. The van der Waals surface area contributed by atoms with Gasteiger partial charge in [-0.05, 0) is 94.3 Å². The molecule has 7 aromatic carbocycles. The fourth-order valence-electron chi connectivity index (χ4n) is 10.5. The molecule has 0 aliphatic heterocycles. The number of fused-ring (bicyclic) bond motifs is 8. The Morgan fingerprint density at radius 1 is 0.294 bits per heavy atom. The summed E-state index contributed by atoms with van der Waals surface area (Å²) in [5.41, 5.74) is 11.4. The summed E-state index contributed by atoms with van der Waals surface area (Å²) in [5, 5.41) is 15.9. The van der Waals surface area contributed by atoms with E-state index in [4.69, 9.17) is 9.97 Å². The first-order chi connectivity index (χ1) is 32.3. The van der Waals surface area contributed by atoms with Gasteiger partial charge in [0.15, 0.2) is 0 Å². The first kappa shape index (κ1) is 44.3. The average molecular weight is 952 g/mol. The highest BCUT2D eigenvalue weighted by molar-refractivity contribution is 6.90. The predicted molar refractivity (Wildman–Crippen MR) is 309 cm³/mol. The fraction of sp³-hybridized carbons (Fsp3) is 0.200. The molecule has 0 amide bonds. The van der Waals surface area contributed by atoms with E-state index in [-0.39, 0.29) is 0 Å². The third-order valence-electron chi connectivity index (χ3n) is 14.4. The highest BCUT2D eigenvalue weighted by Gasteiger charge is 2.26. The topological polar surface area (TPSA) is 35.6 Å². The Morgan fingerprint density at radius 3 is 0.868 bits per heavy atom. The van der Waals surface area contributed by atoms with Gasteiger partial charge in [0.25, 0.3) is 0 Å². The minimum atomic E-state index is -1.58.